The number of hydrogen-bond acceptors (Lipinski definition) is 2. The molecular formula is C11H16N2. The molecule has 2 unspecified atom stereocenters. The van der Waals surface area contributed by atoms with E-state index in [9.17, 15) is 0 Å². The molecule has 13 heavy (non-hydrogen) atoms. The summed E-state index contributed by atoms with van der Waals surface area (Å²) < 4.78 is 0. The highest BCUT2D eigenvalue weighted by Gasteiger charge is 2.23. The van der Waals surface area contributed by atoms with Crippen LogP contribution in [0.15, 0.2) is 18.2 Å². The van der Waals surface area contributed by atoms with Gasteiger partial charge in [0, 0.05) is 17.8 Å². The van der Waals surface area contributed by atoms with E-state index in [1.807, 2.05) is 0 Å². The van der Waals surface area contributed by atoms with Crippen molar-refractivity contribution in [3.8, 4) is 0 Å². The van der Waals surface area contributed by atoms with Gasteiger partial charge in [0.05, 0.1) is 0 Å². The van der Waals surface area contributed by atoms with E-state index >= 15 is 0 Å². The van der Waals surface area contributed by atoms with Crippen LogP contribution in [0.1, 0.15) is 18.1 Å². The number of aryl methyl sites for hydroxylation is 1. The first-order valence-electron chi connectivity index (χ1n) is 4.79. The lowest BCUT2D eigenvalue weighted by Gasteiger charge is -2.14. The summed E-state index contributed by atoms with van der Waals surface area (Å²) in [6.07, 6.45) is 1.07. The minimum atomic E-state index is 0.215. The molecule has 2 rings (SSSR count). The van der Waals surface area contributed by atoms with Gasteiger partial charge in [-0.25, -0.2) is 0 Å². The number of rotatable bonds is 1. The number of nitrogens with one attached hydrogen (secondary N) is 1. The van der Waals surface area contributed by atoms with Gasteiger partial charge in [-0.3, -0.25) is 0 Å². The zero-order chi connectivity index (χ0) is 9.42. The largest absolute Gasteiger partial charge is 0.380 e. The Kier molecular flexibility index (Phi) is 2.00. The first-order chi connectivity index (χ1) is 6.18. The minimum Gasteiger partial charge on any atom is -0.380 e. The van der Waals surface area contributed by atoms with Crippen LogP contribution in [0.3, 0.4) is 0 Å². The van der Waals surface area contributed by atoms with Crippen LogP contribution in [-0.4, -0.2) is 12.1 Å². The van der Waals surface area contributed by atoms with Gasteiger partial charge in [-0.1, -0.05) is 12.1 Å². The highest BCUT2D eigenvalue weighted by Crippen LogP contribution is 2.28. The second kappa shape index (κ2) is 3.04. The van der Waals surface area contributed by atoms with Crippen LogP contribution < -0.4 is 11.1 Å². The summed E-state index contributed by atoms with van der Waals surface area (Å²) >= 11 is 0. The van der Waals surface area contributed by atoms with Crippen molar-refractivity contribution in [3.63, 3.8) is 0 Å². The molecule has 3 N–H and O–H groups in total. The van der Waals surface area contributed by atoms with Crippen molar-refractivity contribution in [2.24, 2.45) is 5.73 Å². The molecule has 0 amide bonds. The maximum absolute atomic E-state index is 5.86. The lowest BCUT2D eigenvalue weighted by Crippen LogP contribution is -2.36. The van der Waals surface area contributed by atoms with Crippen molar-refractivity contribution >= 4 is 5.69 Å². The lowest BCUT2D eigenvalue weighted by molar-refractivity contribution is 0.612. The summed E-state index contributed by atoms with van der Waals surface area (Å²) in [6.45, 7) is 4.21. The summed E-state index contributed by atoms with van der Waals surface area (Å²) in [7, 11) is 0. The van der Waals surface area contributed by atoms with Crippen molar-refractivity contribution in [2.45, 2.75) is 32.4 Å². The van der Waals surface area contributed by atoms with Gasteiger partial charge < -0.3 is 11.1 Å². The van der Waals surface area contributed by atoms with E-state index in [0.717, 1.165) is 6.42 Å². The van der Waals surface area contributed by atoms with Gasteiger partial charge in [0.25, 0.3) is 0 Å². The molecule has 1 heterocycles. The molecule has 2 nitrogen and oxygen atoms in total. The maximum atomic E-state index is 5.86. The number of fused-ring (bicyclic) bond motifs is 1. The zero-order valence-electron chi connectivity index (χ0n) is 8.17. The van der Waals surface area contributed by atoms with Crippen molar-refractivity contribution in [1.82, 2.24) is 0 Å². The number of hydrogen-bond donors (Lipinski definition) is 2. The fraction of sp³-hybridized carbons (Fsp3) is 0.455. The molecule has 0 saturated carbocycles. The molecule has 2 atom stereocenters. The molecule has 0 bridgehead atoms. The Bertz CT molecular complexity index is 318. The Morgan fingerprint density at radius 1 is 1.54 bits per heavy atom. The summed E-state index contributed by atoms with van der Waals surface area (Å²) in [6, 6.07) is 7.00. The van der Waals surface area contributed by atoms with Crippen LogP contribution in [0, 0.1) is 6.92 Å². The molecule has 0 aromatic heterocycles. The fourth-order valence-corrected chi connectivity index (χ4v) is 1.90. The first-order valence-corrected chi connectivity index (χ1v) is 4.79. The number of benzene rings is 1. The summed E-state index contributed by atoms with van der Waals surface area (Å²) in [5.74, 6) is 0. The molecule has 0 saturated heterocycles. The summed E-state index contributed by atoms with van der Waals surface area (Å²) in [5.41, 5.74) is 9.93. The Morgan fingerprint density at radius 2 is 2.31 bits per heavy atom. The van der Waals surface area contributed by atoms with E-state index in [0.29, 0.717) is 6.04 Å². The Labute approximate surface area is 79.1 Å². The smallest absolute Gasteiger partial charge is 0.0451 e. The third kappa shape index (κ3) is 1.42. The zero-order valence-corrected chi connectivity index (χ0v) is 8.17. The average molecular weight is 176 g/mol. The van der Waals surface area contributed by atoms with Gasteiger partial charge in [-0.2, -0.15) is 0 Å². The van der Waals surface area contributed by atoms with E-state index < -0.39 is 0 Å². The van der Waals surface area contributed by atoms with Crippen molar-refractivity contribution in [3.05, 3.63) is 29.3 Å². The van der Waals surface area contributed by atoms with Crippen LogP contribution in [0.5, 0.6) is 0 Å². The van der Waals surface area contributed by atoms with Gasteiger partial charge in [0.1, 0.15) is 0 Å². The monoisotopic (exact) mass is 176 g/mol. The third-order valence-corrected chi connectivity index (χ3v) is 2.81. The predicted octanol–water partition coefficient (Wildman–Crippen LogP) is 1.68. The van der Waals surface area contributed by atoms with Gasteiger partial charge in [0.2, 0.25) is 0 Å². The Balaban J connectivity index is 2.30. The van der Waals surface area contributed by atoms with Crippen LogP contribution in [-0.2, 0) is 6.42 Å². The Morgan fingerprint density at radius 3 is 2.92 bits per heavy atom. The molecule has 2 heteroatoms. The molecule has 1 aromatic rings. The molecule has 1 aromatic carbocycles. The topological polar surface area (TPSA) is 38.0 Å². The summed E-state index contributed by atoms with van der Waals surface area (Å²) in [5, 5.41) is 3.45. The number of nitrogens with two attached hydrogens (primary N) is 1. The van der Waals surface area contributed by atoms with Gasteiger partial charge in [-0.15, -0.1) is 0 Å². The van der Waals surface area contributed by atoms with Crippen LogP contribution in [0.25, 0.3) is 0 Å². The van der Waals surface area contributed by atoms with E-state index in [4.69, 9.17) is 5.73 Å². The van der Waals surface area contributed by atoms with Crippen LogP contribution in [0.4, 0.5) is 5.69 Å². The van der Waals surface area contributed by atoms with Crippen LogP contribution >= 0.6 is 0 Å². The van der Waals surface area contributed by atoms with Crippen molar-refractivity contribution in [1.29, 1.82) is 0 Å². The van der Waals surface area contributed by atoms with Gasteiger partial charge in [-0.05, 0) is 37.5 Å². The van der Waals surface area contributed by atoms with E-state index in [1.165, 1.54) is 16.8 Å². The lowest BCUT2D eigenvalue weighted by atomic mass is 10.0. The predicted molar refractivity (Wildman–Crippen MR) is 55.9 cm³/mol. The first kappa shape index (κ1) is 8.57. The van der Waals surface area contributed by atoms with Gasteiger partial charge in [0.15, 0.2) is 0 Å². The summed E-state index contributed by atoms with van der Waals surface area (Å²) in [4.78, 5) is 0. The van der Waals surface area contributed by atoms with E-state index in [2.05, 4.69) is 37.4 Å². The quantitative estimate of drug-likeness (QED) is 0.683. The standard InChI is InChI=1S/C11H16N2/c1-7-4-3-5-10-9(7)6-11(13-10)8(2)12/h3-5,8,11,13H,6,12H2,1-2H3. The van der Waals surface area contributed by atoms with Crippen molar-refractivity contribution in [2.75, 3.05) is 5.32 Å². The van der Waals surface area contributed by atoms with E-state index in [-0.39, 0.29) is 6.04 Å². The Hall–Kier alpha value is -1.02. The number of anilines is 1. The molecule has 1 aliphatic heterocycles. The second-order valence-corrected chi connectivity index (χ2v) is 3.92. The maximum Gasteiger partial charge on any atom is 0.0451 e. The van der Waals surface area contributed by atoms with E-state index in [1.54, 1.807) is 0 Å². The highest BCUT2D eigenvalue weighted by atomic mass is 15.0. The third-order valence-electron chi connectivity index (χ3n) is 2.81. The van der Waals surface area contributed by atoms with Crippen molar-refractivity contribution < 1.29 is 0 Å². The molecule has 0 fully saturated rings. The molecular weight excluding hydrogens is 160 g/mol. The fourth-order valence-electron chi connectivity index (χ4n) is 1.90. The normalized spacial score (nSPS) is 22.2. The SMILES string of the molecule is Cc1cccc2c1CC(C(C)N)N2. The van der Waals surface area contributed by atoms with Crippen LogP contribution in [0.2, 0.25) is 0 Å². The molecule has 0 radical (unpaired) electrons. The minimum absolute atomic E-state index is 0.215. The highest BCUT2D eigenvalue weighted by molar-refractivity contribution is 5.59. The average Bonchev–Trinajstić information content (AvgIpc) is 2.49. The van der Waals surface area contributed by atoms with Gasteiger partial charge >= 0.3 is 0 Å². The second-order valence-electron chi connectivity index (χ2n) is 3.92. The molecule has 70 valence electrons. The molecule has 0 aliphatic carbocycles. The molecule has 0 spiro atoms. The molecule has 1 aliphatic rings.